The predicted molar refractivity (Wildman–Crippen MR) is 217 cm³/mol. The largest absolute Gasteiger partial charge is 0.438 e. The van der Waals surface area contributed by atoms with Crippen LogP contribution in [-0.2, 0) is 0 Å². The lowest BCUT2D eigenvalue weighted by Gasteiger charge is -2.32. The minimum absolute atomic E-state index is 0.0181. The molecule has 5 heterocycles. The summed E-state index contributed by atoms with van der Waals surface area (Å²) in [6.45, 7) is 2.67. The molecule has 2 saturated heterocycles. The first kappa shape index (κ1) is 42.0. The van der Waals surface area contributed by atoms with Crippen LogP contribution in [0, 0.1) is 11.6 Å². The monoisotopic (exact) mass is 828 g/mol. The normalized spacial score (nSPS) is 14.4. The zero-order chi connectivity index (χ0) is 40.9. The summed E-state index contributed by atoms with van der Waals surface area (Å²) in [6.07, 6.45) is 13.1. The molecule has 0 aliphatic carbocycles. The van der Waals surface area contributed by atoms with Crippen LogP contribution >= 0.6 is 23.5 Å². The highest BCUT2D eigenvalue weighted by Gasteiger charge is 2.27. The minimum Gasteiger partial charge on any atom is -0.438 e. The van der Waals surface area contributed by atoms with E-state index in [9.17, 15) is 23.2 Å². The number of thioether (sulfide) groups is 2. The molecule has 2 fully saturated rings. The summed E-state index contributed by atoms with van der Waals surface area (Å²) < 4.78 is 39.1. The van der Waals surface area contributed by atoms with E-state index < -0.39 is 17.5 Å². The van der Waals surface area contributed by atoms with Crippen molar-refractivity contribution in [1.29, 1.82) is 0 Å². The summed E-state index contributed by atoms with van der Waals surface area (Å²) in [5.74, 6) is -0.980. The van der Waals surface area contributed by atoms with Gasteiger partial charge in [0.2, 0.25) is 11.8 Å². The number of aromatic nitrogens is 4. The smallest absolute Gasteiger partial charge is 0.257 e. The lowest BCUT2D eigenvalue weighted by Crippen LogP contribution is -2.46. The number of ether oxygens (including phenoxy) is 2. The number of amides is 3. The number of rotatable bonds is 11. The number of nitrogens with one attached hydrogen (secondary N) is 3. The minimum atomic E-state index is -0.629. The zero-order valence-electron chi connectivity index (χ0n) is 31.8. The molecule has 0 atom stereocenters. The number of carbonyl (C=O) groups excluding carboxylic acids is 3. The summed E-state index contributed by atoms with van der Waals surface area (Å²) in [5, 5.41) is 9.10. The summed E-state index contributed by atoms with van der Waals surface area (Å²) in [6, 6.07) is 17.0. The van der Waals surface area contributed by atoms with Crippen LogP contribution in [0.25, 0.3) is 0 Å². The van der Waals surface area contributed by atoms with Crippen molar-refractivity contribution in [2.24, 2.45) is 0 Å². The number of pyridine rings is 2. The van der Waals surface area contributed by atoms with E-state index in [0.717, 1.165) is 60.2 Å². The molecule has 0 saturated carbocycles. The van der Waals surface area contributed by atoms with Crippen LogP contribution in [0.1, 0.15) is 56.8 Å². The van der Waals surface area contributed by atoms with E-state index in [-0.39, 0.29) is 46.8 Å². The molecule has 2 aliphatic heterocycles. The van der Waals surface area contributed by atoms with Gasteiger partial charge < -0.3 is 30.3 Å². The molecule has 2 aliphatic rings. The number of hydrogen-bond donors (Lipinski definition) is 3. The van der Waals surface area contributed by atoms with Crippen molar-refractivity contribution >= 4 is 41.2 Å². The molecular weight excluding hydrogens is 787 g/mol. The highest BCUT2D eigenvalue weighted by Crippen LogP contribution is 2.29. The topological polar surface area (TPSA) is 161 Å². The van der Waals surface area contributed by atoms with Gasteiger partial charge in [0.25, 0.3) is 17.7 Å². The molecule has 5 aromatic rings. The second-order valence-corrected chi connectivity index (χ2v) is 15.0. The molecule has 58 heavy (non-hydrogen) atoms. The molecule has 0 radical (unpaired) electrons. The number of benzene rings is 2. The van der Waals surface area contributed by atoms with Gasteiger partial charge in [0, 0.05) is 47.4 Å². The number of hydrogen-bond acceptors (Lipinski definition) is 12. The van der Waals surface area contributed by atoms with E-state index in [0.29, 0.717) is 43.0 Å². The van der Waals surface area contributed by atoms with Crippen LogP contribution in [0.15, 0.2) is 102 Å². The first-order valence-electron chi connectivity index (χ1n) is 18.5. The van der Waals surface area contributed by atoms with Crippen molar-refractivity contribution in [3.05, 3.63) is 120 Å². The number of likely N-dealkylation sites (tertiary alicyclic amines) is 1. The maximum Gasteiger partial charge on any atom is 0.257 e. The maximum absolute atomic E-state index is 13.9. The molecule has 3 amide bonds. The van der Waals surface area contributed by atoms with Crippen molar-refractivity contribution in [1.82, 2.24) is 40.8 Å². The molecule has 0 spiro atoms. The van der Waals surface area contributed by atoms with Crippen molar-refractivity contribution in [2.45, 2.75) is 47.6 Å². The first-order chi connectivity index (χ1) is 28.2. The Morgan fingerprint density at radius 1 is 0.707 bits per heavy atom. The van der Waals surface area contributed by atoms with E-state index in [2.05, 4.69) is 35.9 Å². The second-order valence-electron chi connectivity index (χ2n) is 13.2. The Morgan fingerprint density at radius 2 is 1.19 bits per heavy atom. The predicted octanol–water partition coefficient (Wildman–Crippen LogP) is 6.78. The van der Waals surface area contributed by atoms with E-state index in [1.807, 2.05) is 48.9 Å². The van der Waals surface area contributed by atoms with Gasteiger partial charge in [-0.1, -0.05) is 12.1 Å². The summed E-state index contributed by atoms with van der Waals surface area (Å²) in [7, 11) is 0. The Kier molecular flexibility index (Phi) is 15.0. The average Bonchev–Trinajstić information content (AvgIpc) is 3.26. The Morgan fingerprint density at radius 3 is 1.67 bits per heavy atom. The van der Waals surface area contributed by atoms with Gasteiger partial charge in [-0.05, 0) is 99.8 Å². The van der Waals surface area contributed by atoms with Gasteiger partial charge in [-0.25, -0.2) is 28.7 Å². The average molecular weight is 829 g/mol. The maximum atomic E-state index is 13.9. The highest BCUT2D eigenvalue weighted by atomic mass is 32.2. The standard InChI is InChI=1S/C23H22FN5O3S.C18H20FN3O2S/c1-33-19-4-2-3-18(10-19)32-22-20(9-16(24)13-27-22)21(30)28-17-5-7-29(8-6-17)23(31)15-11-25-14-26-12-15;1-25-15-4-2-3-14(10-15)24-18-16(9-12(19)11-21-18)17(23)22-13-5-7-20-8-6-13/h2-4,9-14,17H,5-8H2,1H3,(H,28,30);2-4,9-11,13,20H,5-8H2,1H3,(H,22,23). The second kappa shape index (κ2) is 20.7. The lowest BCUT2D eigenvalue weighted by molar-refractivity contribution is 0.0696. The third kappa shape index (κ3) is 11.7. The SMILES string of the molecule is CSc1cccc(Oc2ncc(F)cc2C(=O)NC2CCN(C(=O)c3cncnc3)CC2)c1.CSc1cccc(Oc2ncc(F)cc2C(=O)NC2CCNCC2)c1. The van der Waals surface area contributed by atoms with E-state index in [1.165, 1.54) is 18.7 Å². The molecule has 17 heteroatoms. The van der Waals surface area contributed by atoms with Gasteiger partial charge in [-0.15, -0.1) is 23.5 Å². The first-order valence-corrected chi connectivity index (χ1v) is 21.0. The van der Waals surface area contributed by atoms with Gasteiger partial charge in [0.05, 0.1) is 18.0 Å². The lowest BCUT2D eigenvalue weighted by atomic mass is 10.0. The fourth-order valence-corrected chi connectivity index (χ4v) is 7.10. The molecule has 0 bridgehead atoms. The molecular formula is C41H42F2N8O5S2. The molecule has 13 nitrogen and oxygen atoms in total. The van der Waals surface area contributed by atoms with Crippen LogP contribution in [0.5, 0.6) is 23.3 Å². The fraction of sp³-hybridized carbons (Fsp3) is 0.293. The molecule has 3 aromatic heterocycles. The van der Waals surface area contributed by atoms with E-state index >= 15 is 0 Å². The molecule has 2 aromatic carbocycles. The Balaban J connectivity index is 0.000000203. The number of piperidine rings is 2. The third-order valence-electron chi connectivity index (χ3n) is 9.24. The fourth-order valence-electron chi connectivity index (χ4n) is 6.21. The molecule has 302 valence electrons. The Hall–Kier alpha value is -5.65. The van der Waals surface area contributed by atoms with Gasteiger partial charge in [-0.2, -0.15) is 0 Å². The quantitative estimate of drug-likeness (QED) is 0.120. The highest BCUT2D eigenvalue weighted by molar-refractivity contribution is 7.98. The summed E-state index contributed by atoms with van der Waals surface area (Å²) in [4.78, 5) is 57.5. The van der Waals surface area contributed by atoms with Gasteiger partial charge >= 0.3 is 0 Å². The van der Waals surface area contributed by atoms with Crippen LogP contribution in [0.3, 0.4) is 0 Å². The Bertz CT molecular complexity index is 2190. The number of nitrogens with zero attached hydrogens (tertiary/aromatic N) is 5. The van der Waals surface area contributed by atoms with E-state index in [4.69, 9.17) is 9.47 Å². The van der Waals surface area contributed by atoms with Crippen LogP contribution < -0.4 is 25.4 Å². The third-order valence-corrected chi connectivity index (χ3v) is 10.7. The van der Waals surface area contributed by atoms with Crippen molar-refractivity contribution in [3.63, 3.8) is 0 Å². The van der Waals surface area contributed by atoms with Crippen molar-refractivity contribution < 1.29 is 32.6 Å². The van der Waals surface area contributed by atoms with Crippen molar-refractivity contribution in [2.75, 3.05) is 38.7 Å². The molecule has 3 N–H and O–H groups in total. The van der Waals surface area contributed by atoms with E-state index in [1.54, 1.807) is 40.6 Å². The van der Waals surface area contributed by atoms with Crippen LogP contribution in [0.4, 0.5) is 8.78 Å². The number of carbonyl (C=O) groups is 3. The number of halogens is 2. The zero-order valence-corrected chi connectivity index (χ0v) is 33.5. The van der Waals surface area contributed by atoms with Crippen molar-refractivity contribution in [3.8, 4) is 23.3 Å². The van der Waals surface area contributed by atoms with Crippen LogP contribution in [0.2, 0.25) is 0 Å². The summed E-state index contributed by atoms with van der Waals surface area (Å²) >= 11 is 3.14. The Labute approximate surface area is 343 Å². The summed E-state index contributed by atoms with van der Waals surface area (Å²) in [5.41, 5.74) is 0.552. The molecule has 0 unspecified atom stereocenters. The van der Waals surface area contributed by atoms with Crippen LogP contribution in [-0.4, -0.2) is 93.3 Å². The molecule has 7 rings (SSSR count). The van der Waals surface area contributed by atoms with Gasteiger partial charge in [0.1, 0.15) is 40.6 Å². The van der Waals surface area contributed by atoms with Gasteiger partial charge in [0.15, 0.2) is 0 Å². The van der Waals surface area contributed by atoms with Gasteiger partial charge in [-0.3, -0.25) is 14.4 Å².